The van der Waals surface area contributed by atoms with E-state index in [9.17, 15) is 9.59 Å². The van der Waals surface area contributed by atoms with E-state index in [-0.39, 0.29) is 24.9 Å². The quantitative estimate of drug-likeness (QED) is 0.190. The third-order valence-corrected chi connectivity index (χ3v) is 4.89. The molecule has 1 amide bonds. The van der Waals surface area contributed by atoms with Gasteiger partial charge in [0.2, 0.25) is 0 Å². The summed E-state index contributed by atoms with van der Waals surface area (Å²) in [7, 11) is 0. The van der Waals surface area contributed by atoms with E-state index in [0.29, 0.717) is 12.1 Å². The largest absolute Gasteiger partial charge is 0.466 e. The van der Waals surface area contributed by atoms with E-state index < -0.39 is 6.04 Å². The molecule has 0 saturated heterocycles. The van der Waals surface area contributed by atoms with Crippen molar-refractivity contribution in [3.63, 3.8) is 0 Å². The van der Waals surface area contributed by atoms with Crippen molar-refractivity contribution in [3.05, 3.63) is 95.3 Å². The Morgan fingerprint density at radius 3 is 2.67 bits per heavy atom. The summed E-state index contributed by atoms with van der Waals surface area (Å²) in [6.45, 7) is 2.62. The lowest BCUT2D eigenvalue weighted by Gasteiger charge is -2.18. The lowest BCUT2D eigenvalue weighted by atomic mass is 10.0. The van der Waals surface area contributed by atoms with Gasteiger partial charge in [0.05, 0.1) is 25.3 Å². The third-order valence-electron chi connectivity index (χ3n) is 4.89. The Hall–Kier alpha value is -4.20. The van der Waals surface area contributed by atoms with Crippen molar-refractivity contribution in [1.82, 2.24) is 10.3 Å². The average Bonchev–Trinajstić information content (AvgIpc) is 2.84. The maximum Gasteiger partial charge on any atom is 0.308 e. The zero-order chi connectivity index (χ0) is 23.5. The van der Waals surface area contributed by atoms with Gasteiger partial charge in [0.25, 0.3) is 5.91 Å². The van der Waals surface area contributed by atoms with Crippen molar-refractivity contribution < 1.29 is 14.3 Å². The van der Waals surface area contributed by atoms with Gasteiger partial charge < -0.3 is 21.2 Å². The van der Waals surface area contributed by atoms with Crippen LogP contribution in [-0.4, -0.2) is 29.7 Å². The number of nitrogens with zero attached hydrogens (tertiary/aromatic N) is 2. The first-order chi connectivity index (χ1) is 16.1. The van der Waals surface area contributed by atoms with Crippen LogP contribution in [0.1, 0.15) is 46.4 Å². The first-order valence-electron chi connectivity index (χ1n) is 10.6. The van der Waals surface area contributed by atoms with Crippen LogP contribution in [0.5, 0.6) is 0 Å². The molecule has 0 aliphatic rings. The van der Waals surface area contributed by atoms with Crippen LogP contribution in [0.2, 0.25) is 0 Å². The van der Waals surface area contributed by atoms with Gasteiger partial charge in [-0.3, -0.25) is 14.6 Å². The molecule has 0 saturated carbocycles. The van der Waals surface area contributed by atoms with Gasteiger partial charge in [-0.2, -0.15) is 5.10 Å². The number of ether oxygens (including phenoxy) is 1. The number of hydrogen-bond acceptors (Lipinski definition) is 7. The van der Waals surface area contributed by atoms with Gasteiger partial charge in [-0.1, -0.05) is 36.4 Å². The van der Waals surface area contributed by atoms with E-state index in [2.05, 4.69) is 20.7 Å². The Morgan fingerprint density at radius 2 is 1.97 bits per heavy atom. The number of amides is 1. The maximum atomic E-state index is 13.0. The molecule has 4 N–H and O–H groups in total. The smallest absolute Gasteiger partial charge is 0.308 e. The van der Waals surface area contributed by atoms with Crippen molar-refractivity contribution in [3.8, 4) is 0 Å². The summed E-state index contributed by atoms with van der Waals surface area (Å²) in [5.74, 6) is 4.50. The number of carbonyl (C=O) groups excluding carboxylic acids is 2. The lowest BCUT2D eigenvalue weighted by Crippen LogP contribution is -2.30. The molecular weight excluding hydrogens is 418 g/mol. The van der Waals surface area contributed by atoms with Gasteiger partial charge in [-0.05, 0) is 47.9 Å². The third kappa shape index (κ3) is 7.17. The molecule has 1 aromatic heterocycles. The van der Waals surface area contributed by atoms with Crippen LogP contribution in [0.25, 0.3) is 0 Å². The van der Waals surface area contributed by atoms with Gasteiger partial charge in [0.15, 0.2) is 0 Å². The zero-order valence-corrected chi connectivity index (χ0v) is 18.4. The Labute approximate surface area is 192 Å². The van der Waals surface area contributed by atoms with E-state index >= 15 is 0 Å². The Kier molecular flexibility index (Phi) is 8.53. The van der Waals surface area contributed by atoms with E-state index in [4.69, 9.17) is 10.6 Å². The monoisotopic (exact) mass is 445 g/mol. The first-order valence-corrected chi connectivity index (χ1v) is 10.6. The minimum Gasteiger partial charge on any atom is -0.466 e. The number of hydrazone groups is 1. The molecule has 33 heavy (non-hydrogen) atoms. The minimum absolute atomic E-state index is 0.0219. The van der Waals surface area contributed by atoms with Crippen molar-refractivity contribution in [1.29, 1.82) is 0 Å². The summed E-state index contributed by atoms with van der Waals surface area (Å²) in [4.78, 5) is 29.1. The second-order valence-electron chi connectivity index (χ2n) is 7.28. The average molecular weight is 446 g/mol. The van der Waals surface area contributed by atoms with Crippen LogP contribution >= 0.6 is 0 Å². The first kappa shape index (κ1) is 23.5. The fraction of sp³-hybridized carbons (Fsp3) is 0.200. The Morgan fingerprint density at radius 1 is 1.15 bits per heavy atom. The highest BCUT2D eigenvalue weighted by Crippen LogP contribution is 2.19. The predicted octanol–water partition coefficient (Wildman–Crippen LogP) is 3.41. The summed E-state index contributed by atoms with van der Waals surface area (Å²) in [6, 6.07) is 18.1. The van der Waals surface area contributed by atoms with Crippen molar-refractivity contribution in [2.24, 2.45) is 10.9 Å². The number of rotatable bonds is 10. The number of pyridine rings is 1. The Bertz CT molecular complexity index is 1080. The fourth-order valence-corrected chi connectivity index (χ4v) is 3.24. The fourth-order valence-electron chi connectivity index (χ4n) is 3.24. The van der Waals surface area contributed by atoms with Crippen molar-refractivity contribution in [2.45, 2.75) is 25.9 Å². The van der Waals surface area contributed by atoms with Gasteiger partial charge in [-0.15, -0.1) is 0 Å². The molecule has 0 spiro atoms. The zero-order valence-electron chi connectivity index (χ0n) is 18.4. The highest BCUT2D eigenvalue weighted by Gasteiger charge is 2.20. The highest BCUT2D eigenvalue weighted by atomic mass is 16.5. The van der Waals surface area contributed by atoms with Gasteiger partial charge in [0.1, 0.15) is 0 Å². The molecule has 8 nitrogen and oxygen atoms in total. The van der Waals surface area contributed by atoms with Crippen molar-refractivity contribution in [2.75, 3.05) is 11.9 Å². The number of benzene rings is 2. The molecule has 3 rings (SSSR count). The number of anilines is 1. The molecule has 1 heterocycles. The molecule has 8 heteroatoms. The van der Waals surface area contributed by atoms with Crippen LogP contribution in [0.15, 0.2) is 78.2 Å². The molecule has 3 aromatic rings. The van der Waals surface area contributed by atoms with E-state index in [0.717, 1.165) is 22.4 Å². The summed E-state index contributed by atoms with van der Waals surface area (Å²) in [5, 5.41) is 9.76. The maximum absolute atomic E-state index is 13.0. The number of nitrogens with one attached hydrogen (secondary N) is 2. The van der Waals surface area contributed by atoms with E-state index in [1.807, 2.05) is 42.5 Å². The van der Waals surface area contributed by atoms with Crippen LogP contribution in [0, 0.1) is 0 Å². The molecular formula is C25H27N5O3. The highest BCUT2D eigenvalue weighted by molar-refractivity contribution is 5.95. The van der Waals surface area contributed by atoms with E-state index in [1.165, 1.54) is 0 Å². The molecule has 1 unspecified atom stereocenters. The second kappa shape index (κ2) is 12.0. The predicted molar refractivity (Wildman–Crippen MR) is 128 cm³/mol. The van der Waals surface area contributed by atoms with Crippen LogP contribution in [0.3, 0.4) is 0 Å². The summed E-state index contributed by atoms with van der Waals surface area (Å²) >= 11 is 0. The lowest BCUT2D eigenvalue weighted by molar-refractivity contribution is -0.143. The number of nitrogens with two attached hydrogens (primary N) is 1. The number of hydrogen-bond donors (Lipinski definition) is 3. The van der Waals surface area contributed by atoms with Gasteiger partial charge in [-0.25, -0.2) is 0 Å². The van der Waals surface area contributed by atoms with Crippen LogP contribution < -0.4 is 16.5 Å². The van der Waals surface area contributed by atoms with E-state index in [1.54, 1.807) is 43.7 Å². The number of carbonyl (C=O) groups is 2. The number of aromatic nitrogens is 1. The van der Waals surface area contributed by atoms with Crippen molar-refractivity contribution >= 4 is 23.8 Å². The molecule has 170 valence electrons. The SMILES string of the molecule is CCOC(=O)CC(NC(=O)c1cccc(NCc2ccc(C=NN)cc2)c1)c1cccnc1. The normalized spacial score (nSPS) is 11.7. The van der Waals surface area contributed by atoms with Gasteiger partial charge in [0, 0.05) is 30.2 Å². The van der Waals surface area contributed by atoms with Crippen LogP contribution in [-0.2, 0) is 16.1 Å². The molecule has 0 fully saturated rings. The Balaban J connectivity index is 1.67. The molecule has 0 aliphatic heterocycles. The summed E-state index contributed by atoms with van der Waals surface area (Å²) < 4.78 is 5.06. The topological polar surface area (TPSA) is 119 Å². The van der Waals surface area contributed by atoms with Gasteiger partial charge >= 0.3 is 5.97 Å². The molecule has 0 aliphatic carbocycles. The molecule has 1 atom stereocenters. The molecule has 2 aromatic carbocycles. The van der Waals surface area contributed by atoms with Crippen LogP contribution in [0.4, 0.5) is 5.69 Å². The standard InChI is InChI=1S/C25H27N5O3/c1-2-33-24(31)14-23(21-6-4-12-27-17-21)30-25(32)20-5-3-7-22(13-20)28-15-18-8-10-19(11-9-18)16-29-26/h3-13,16-17,23,28H,2,14-15,26H2,1H3,(H,30,32). The second-order valence-corrected chi connectivity index (χ2v) is 7.28. The molecule has 0 bridgehead atoms. The summed E-state index contributed by atoms with van der Waals surface area (Å²) in [5.41, 5.74) is 4.01. The number of esters is 1. The minimum atomic E-state index is -0.544. The summed E-state index contributed by atoms with van der Waals surface area (Å²) in [6.07, 6.45) is 4.88. The molecule has 0 radical (unpaired) electrons.